The standard InChI is InChI=1S/C18H23ClN2O2/c1-20-15-8-4-3-7-14(15)16(19)17(20)18(22)21-10-5-6-13(9-11-21)12-23-2/h3-4,7-8,13H,5-6,9-12H2,1-2H3. The summed E-state index contributed by atoms with van der Waals surface area (Å²) in [5.74, 6) is 0.576. The van der Waals surface area contributed by atoms with Crippen molar-refractivity contribution in [3.8, 4) is 0 Å². The van der Waals surface area contributed by atoms with Crippen molar-refractivity contribution in [2.45, 2.75) is 19.3 Å². The van der Waals surface area contributed by atoms with Gasteiger partial charge in [0.25, 0.3) is 5.91 Å². The van der Waals surface area contributed by atoms with Gasteiger partial charge >= 0.3 is 0 Å². The van der Waals surface area contributed by atoms with E-state index >= 15 is 0 Å². The SMILES string of the molecule is COCC1CCCN(C(=O)c2c(Cl)c3ccccc3n2C)CC1. The summed E-state index contributed by atoms with van der Waals surface area (Å²) in [6.45, 7) is 2.33. The van der Waals surface area contributed by atoms with Gasteiger partial charge in [0.05, 0.1) is 5.02 Å². The molecule has 124 valence electrons. The van der Waals surface area contributed by atoms with Crippen molar-refractivity contribution in [1.82, 2.24) is 9.47 Å². The van der Waals surface area contributed by atoms with Gasteiger partial charge in [-0.3, -0.25) is 4.79 Å². The van der Waals surface area contributed by atoms with E-state index in [0.717, 1.165) is 49.9 Å². The molecule has 1 aliphatic heterocycles. The average Bonchev–Trinajstić information content (AvgIpc) is 2.72. The lowest BCUT2D eigenvalue weighted by atomic mass is 10.0. The molecule has 4 nitrogen and oxygen atoms in total. The van der Waals surface area contributed by atoms with Crippen molar-refractivity contribution in [3.63, 3.8) is 0 Å². The minimum atomic E-state index is 0.0340. The molecule has 1 fully saturated rings. The molecule has 1 saturated heterocycles. The van der Waals surface area contributed by atoms with Crippen LogP contribution >= 0.6 is 11.6 Å². The number of halogens is 1. The lowest BCUT2D eigenvalue weighted by Crippen LogP contribution is -2.33. The Morgan fingerprint density at radius 2 is 2.09 bits per heavy atom. The van der Waals surface area contributed by atoms with Gasteiger partial charge in [0.15, 0.2) is 0 Å². The molecular weight excluding hydrogens is 312 g/mol. The second-order valence-corrected chi connectivity index (χ2v) is 6.66. The van der Waals surface area contributed by atoms with Gasteiger partial charge in [-0.05, 0) is 31.2 Å². The van der Waals surface area contributed by atoms with Gasteiger partial charge in [-0.1, -0.05) is 29.8 Å². The molecule has 1 atom stereocenters. The number of aryl methyl sites for hydroxylation is 1. The summed E-state index contributed by atoms with van der Waals surface area (Å²) in [6, 6.07) is 7.87. The topological polar surface area (TPSA) is 34.5 Å². The third-order valence-corrected chi connectivity index (χ3v) is 5.17. The molecule has 1 amide bonds. The van der Waals surface area contributed by atoms with E-state index in [4.69, 9.17) is 16.3 Å². The minimum Gasteiger partial charge on any atom is -0.384 e. The fraction of sp³-hybridized carbons (Fsp3) is 0.500. The number of methoxy groups -OCH3 is 1. The molecule has 0 spiro atoms. The number of carbonyl (C=O) groups excluding carboxylic acids is 1. The first kappa shape index (κ1) is 16.3. The highest BCUT2D eigenvalue weighted by molar-refractivity contribution is 6.38. The molecule has 0 bridgehead atoms. The number of aromatic nitrogens is 1. The number of nitrogens with zero attached hydrogens (tertiary/aromatic N) is 2. The molecule has 1 aliphatic rings. The fourth-order valence-electron chi connectivity index (χ4n) is 3.50. The first-order chi connectivity index (χ1) is 11.1. The number of ether oxygens (including phenoxy) is 1. The smallest absolute Gasteiger partial charge is 0.272 e. The number of fused-ring (bicyclic) bond motifs is 1. The van der Waals surface area contributed by atoms with Crippen LogP contribution in [0.25, 0.3) is 10.9 Å². The summed E-state index contributed by atoms with van der Waals surface area (Å²) in [7, 11) is 3.65. The maximum atomic E-state index is 13.0. The normalized spacial score (nSPS) is 19.1. The molecule has 2 heterocycles. The predicted molar refractivity (Wildman–Crippen MR) is 93.0 cm³/mol. The minimum absolute atomic E-state index is 0.0340. The summed E-state index contributed by atoms with van der Waals surface area (Å²) in [5, 5.41) is 1.50. The third-order valence-electron chi connectivity index (χ3n) is 4.79. The molecular formula is C18H23ClN2O2. The maximum absolute atomic E-state index is 13.0. The van der Waals surface area contributed by atoms with Crippen LogP contribution in [0, 0.1) is 5.92 Å². The number of hydrogen-bond donors (Lipinski definition) is 0. The van der Waals surface area contributed by atoms with Gasteiger partial charge in [-0.15, -0.1) is 0 Å². The molecule has 0 N–H and O–H groups in total. The third kappa shape index (κ3) is 3.10. The van der Waals surface area contributed by atoms with Gasteiger partial charge in [-0.2, -0.15) is 0 Å². The molecule has 0 aliphatic carbocycles. The average molecular weight is 335 g/mol. The van der Waals surface area contributed by atoms with Crippen LogP contribution < -0.4 is 0 Å². The van der Waals surface area contributed by atoms with E-state index in [1.165, 1.54) is 0 Å². The van der Waals surface area contributed by atoms with E-state index in [-0.39, 0.29) is 5.91 Å². The quantitative estimate of drug-likeness (QED) is 0.857. The van der Waals surface area contributed by atoms with Crippen LogP contribution in [0.4, 0.5) is 0 Å². The van der Waals surface area contributed by atoms with Crippen LogP contribution in [0.5, 0.6) is 0 Å². The zero-order valence-electron chi connectivity index (χ0n) is 13.7. The summed E-state index contributed by atoms with van der Waals surface area (Å²) in [5.41, 5.74) is 1.59. The number of benzene rings is 1. The molecule has 5 heteroatoms. The van der Waals surface area contributed by atoms with E-state index in [1.54, 1.807) is 7.11 Å². The maximum Gasteiger partial charge on any atom is 0.272 e. The van der Waals surface area contributed by atoms with E-state index in [9.17, 15) is 4.79 Å². The molecule has 1 unspecified atom stereocenters. The molecule has 0 saturated carbocycles. The van der Waals surface area contributed by atoms with Gasteiger partial charge < -0.3 is 14.2 Å². The first-order valence-electron chi connectivity index (χ1n) is 8.14. The number of rotatable bonds is 3. The molecule has 1 aromatic heterocycles. The van der Waals surface area contributed by atoms with Gasteiger partial charge in [0.1, 0.15) is 5.69 Å². The van der Waals surface area contributed by atoms with Crippen LogP contribution in [-0.4, -0.2) is 42.2 Å². The summed E-state index contributed by atoms with van der Waals surface area (Å²) < 4.78 is 7.18. The molecule has 23 heavy (non-hydrogen) atoms. The Kier molecular flexibility index (Phi) is 4.93. The van der Waals surface area contributed by atoms with Gasteiger partial charge in [-0.25, -0.2) is 0 Å². The van der Waals surface area contributed by atoms with E-state index in [1.807, 2.05) is 40.8 Å². The monoisotopic (exact) mass is 334 g/mol. The second-order valence-electron chi connectivity index (χ2n) is 6.28. The fourth-order valence-corrected chi connectivity index (χ4v) is 3.87. The van der Waals surface area contributed by atoms with Crippen molar-refractivity contribution in [2.24, 2.45) is 13.0 Å². The predicted octanol–water partition coefficient (Wildman–Crippen LogP) is 3.72. The molecule has 3 rings (SSSR count). The van der Waals surface area contributed by atoms with E-state index in [0.29, 0.717) is 16.6 Å². The lowest BCUT2D eigenvalue weighted by molar-refractivity contribution is 0.0746. The summed E-state index contributed by atoms with van der Waals surface area (Å²) in [6.07, 6.45) is 3.11. The first-order valence-corrected chi connectivity index (χ1v) is 8.52. The highest BCUT2D eigenvalue weighted by atomic mass is 35.5. The Balaban J connectivity index is 1.86. The van der Waals surface area contributed by atoms with Crippen LogP contribution in [0.3, 0.4) is 0 Å². The second kappa shape index (κ2) is 6.93. The highest BCUT2D eigenvalue weighted by Crippen LogP contribution is 2.31. The Morgan fingerprint density at radius 1 is 1.30 bits per heavy atom. The van der Waals surface area contributed by atoms with Crippen molar-refractivity contribution >= 4 is 28.4 Å². The van der Waals surface area contributed by atoms with Crippen molar-refractivity contribution in [1.29, 1.82) is 0 Å². The van der Waals surface area contributed by atoms with Crippen molar-refractivity contribution in [2.75, 3.05) is 26.8 Å². The Bertz CT molecular complexity index is 671. The van der Waals surface area contributed by atoms with Crippen molar-refractivity contribution < 1.29 is 9.53 Å². The van der Waals surface area contributed by atoms with Gasteiger partial charge in [0, 0.05) is 44.8 Å². The molecule has 2 aromatic rings. The van der Waals surface area contributed by atoms with Crippen LogP contribution in [0.15, 0.2) is 24.3 Å². The highest BCUT2D eigenvalue weighted by Gasteiger charge is 2.26. The Morgan fingerprint density at radius 3 is 2.83 bits per heavy atom. The Labute approximate surface area is 142 Å². The van der Waals surface area contributed by atoms with Crippen molar-refractivity contribution in [3.05, 3.63) is 35.0 Å². The number of hydrogen-bond acceptors (Lipinski definition) is 2. The largest absolute Gasteiger partial charge is 0.384 e. The van der Waals surface area contributed by atoms with Crippen LogP contribution in [0.2, 0.25) is 5.02 Å². The molecule has 1 aromatic carbocycles. The summed E-state index contributed by atoms with van der Waals surface area (Å²) >= 11 is 6.51. The lowest BCUT2D eigenvalue weighted by Gasteiger charge is -2.21. The zero-order valence-corrected chi connectivity index (χ0v) is 14.5. The number of likely N-dealkylation sites (tertiary alicyclic amines) is 1. The van der Waals surface area contributed by atoms with Gasteiger partial charge in [0.2, 0.25) is 0 Å². The van der Waals surface area contributed by atoms with Crippen LogP contribution in [0.1, 0.15) is 29.8 Å². The summed E-state index contributed by atoms with van der Waals surface area (Å²) in [4.78, 5) is 15.0. The number of carbonyl (C=O) groups is 1. The number of para-hydroxylation sites is 1. The van der Waals surface area contributed by atoms with E-state index < -0.39 is 0 Å². The molecule has 0 radical (unpaired) electrons. The Hall–Kier alpha value is -1.52. The van der Waals surface area contributed by atoms with E-state index in [2.05, 4.69) is 0 Å². The number of amides is 1. The zero-order chi connectivity index (χ0) is 16.4. The van der Waals surface area contributed by atoms with Crippen LogP contribution in [-0.2, 0) is 11.8 Å².